The first-order valence-electron chi connectivity index (χ1n) is 6.83. The Morgan fingerprint density at radius 2 is 2.19 bits per heavy atom. The molecule has 3 aromatic rings. The van der Waals surface area contributed by atoms with E-state index >= 15 is 0 Å². The second kappa shape index (κ2) is 5.76. The van der Waals surface area contributed by atoms with Crippen molar-refractivity contribution in [3.63, 3.8) is 0 Å². The molecule has 2 aromatic heterocycles. The molecule has 7 heteroatoms. The van der Waals surface area contributed by atoms with Crippen molar-refractivity contribution in [1.29, 1.82) is 0 Å². The Bertz CT molecular complexity index is 750. The Balaban J connectivity index is 2.04. The second-order valence-corrected chi connectivity index (χ2v) is 4.64. The maximum Gasteiger partial charge on any atom is 0.168 e. The molecule has 21 heavy (non-hydrogen) atoms. The van der Waals surface area contributed by atoms with Crippen molar-refractivity contribution in [3.8, 4) is 5.69 Å². The highest BCUT2D eigenvalue weighted by molar-refractivity contribution is 5.86. The number of nitrogens with zero attached hydrogens (tertiary/aromatic N) is 4. The molecule has 0 saturated heterocycles. The van der Waals surface area contributed by atoms with Crippen LogP contribution >= 0.6 is 0 Å². The predicted molar refractivity (Wildman–Crippen MR) is 83.3 cm³/mol. The number of hydrogen-bond acceptors (Lipinski definition) is 6. The van der Waals surface area contributed by atoms with Crippen LogP contribution in [0, 0.1) is 0 Å². The highest BCUT2D eigenvalue weighted by atomic mass is 15.3. The lowest BCUT2D eigenvalue weighted by molar-refractivity contribution is 0.894. The Morgan fingerprint density at radius 3 is 3.00 bits per heavy atom. The molecule has 0 aliphatic carbocycles. The van der Waals surface area contributed by atoms with E-state index in [4.69, 9.17) is 5.84 Å². The maximum absolute atomic E-state index is 5.46. The molecule has 0 radical (unpaired) electrons. The van der Waals surface area contributed by atoms with Crippen LogP contribution in [0.2, 0.25) is 0 Å². The van der Waals surface area contributed by atoms with Gasteiger partial charge < -0.3 is 10.7 Å². The van der Waals surface area contributed by atoms with E-state index in [1.807, 2.05) is 24.3 Å². The number of nitrogen functional groups attached to an aromatic ring is 1. The molecule has 1 aromatic carbocycles. The molecule has 0 fully saturated rings. The van der Waals surface area contributed by atoms with Gasteiger partial charge in [-0.1, -0.05) is 13.0 Å². The van der Waals surface area contributed by atoms with E-state index in [1.165, 1.54) is 6.33 Å². The fourth-order valence-corrected chi connectivity index (χ4v) is 2.17. The van der Waals surface area contributed by atoms with Crippen molar-refractivity contribution in [2.75, 3.05) is 17.3 Å². The van der Waals surface area contributed by atoms with E-state index in [0.717, 1.165) is 29.7 Å². The SMILES string of the molecule is CCCNc1cccc(-n2ncc3c(NN)ncnc32)c1. The Hall–Kier alpha value is -2.67. The molecule has 0 unspecified atom stereocenters. The molecule has 0 amide bonds. The van der Waals surface area contributed by atoms with Gasteiger partial charge >= 0.3 is 0 Å². The molecule has 4 N–H and O–H groups in total. The van der Waals surface area contributed by atoms with E-state index < -0.39 is 0 Å². The largest absolute Gasteiger partial charge is 0.385 e. The lowest BCUT2D eigenvalue weighted by Crippen LogP contribution is -2.09. The number of benzene rings is 1. The summed E-state index contributed by atoms with van der Waals surface area (Å²) in [4.78, 5) is 8.37. The molecule has 0 atom stereocenters. The molecule has 0 spiro atoms. The fraction of sp³-hybridized carbons (Fsp3) is 0.214. The number of fused-ring (bicyclic) bond motifs is 1. The van der Waals surface area contributed by atoms with Gasteiger partial charge in [-0.05, 0) is 24.6 Å². The highest BCUT2D eigenvalue weighted by Gasteiger charge is 2.10. The summed E-state index contributed by atoms with van der Waals surface area (Å²) >= 11 is 0. The van der Waals surface area contributed by atoms with E-state index in [2.05, 4.69) is 32.7 Å². The molecule has 0 aliphatic rings. The van der Waals surface area contributed by atoms with E-state index in [-0.39, 0.29) is 0 Å². The Morgan fingerprint density at radius 1 is 1.29 bits per heavy atom. The average molecular weight is 283 g/mol. The molecule has 0 aliphatic heterocycles. The molecular formula is C14H17N7. The van der Waals surface area contributed by atoms with Gasteiger partial charge in [-0.25, -0.2) is 20.5 Å². The smallest absolute Gasteiger partial charge is 0.168 e. The number of rotatable bonds is 5. The van der Waals surface area contributed by atoms with Gasteiger partial charge in [0.1, 0.15) is 6.33 Å². The zero-order chi connectivity index (χ0) is 14.7. The van der Waals surface area contributed by atoms with Crippen molar-refractivity contribution in [3.05, 3.63) is 36.8 Å². The summed E-state index contributed by atoms with van der Waals surface area (Å²) in [5.41, 5.74) is 5.27. The highest BCUT2D eigenvalue weighted by Crippen LogP contribution is 2.22. The third-order valence-electron chi connectivity index (χ3n) is 3.17. The summed E-state index contributed by atoms with van der Waals surface area (Å²) in [6.07, 6.45) is 4.25. The van der Waals surface area contributed by atoms with Gasteiger partial charge in [0.2, 0.25) is 0 Å². The molecule has 0 saturated carbocycles. The second-order valence-electron chi connectivity index (χ2n) is 4.64. The van der Waals surface area contributed by atoms with Crippen molar-refractivity contribution >= 4 is 22.5 Å². The zero-order valence-corrected chi connectivity index (χ0v) is 11.7. The van der Waals surface area contributed by atoms with Crippen LogP contribution in [-0.2, 0) is 0 Å². The predicted octanol–water partition coefficient (Wildman–Crippen LogP) is 1.92. The number of nitrogens with two attached hydrogens (primary N) is 1. The van der Waals surface area contributed by atoms with Crippen molar-refractivity contribution in [1.82, 2.24) is 19.7 Å². The van der Waals surface area contributed by atoms with Gasteiger partial charge in [-0.3, -0.25) is 0 Å². The van der Waals surface area contributed by atoms with Crippen LogP contribution in [0.15, 0.2) is 36.8 Å². The first-order valence-corrected chi connectivity index (χ1v) is 6.83. The number of nitrogens with one attached hydrogen (secondary N) is 2. The quantitative estimate of drug-likeness (QED) is 0.489. The van der Waals surface area contributed by atoms with E-state index in [9.17, 15) is 0 Å². The van der Waals surface area contributed by atoms with E-state index in [1.54, 1.807) is 10.9 Å². The van der Waals surface area contributed by atoms with Gasteiger partial charge in [0.15, 0.2) is 11.5 Å². The van der Waals surface area contributed by atoms with Gasteiger partial charge in [0, 0.05) is 12.2 Å². The van der Waals surface area contributed by atoms with Crippen LogP contribution in [0.25, 0.3) is 16.7 Å². The molecule has 2 heterocycles. The van der Waals surface area contributed by atoms with Gasteiger partial charge in [-0.2, -0.15) is 5.10 Å². The molecule has 0 bridgehead atoms. The lowest BCUT2D eigenvalue weighted by Gasteiger charge is -2.08. The third kappa shape index (κ3) is 2.50. The number of hydrogen-bond donors (Lipinski definition) is 3. The molecule has 108 valence electrons. The molecular weight excluding hydrogens is 266 g/mol. The molecule has 3 rings (SSSR count). The summed E-state index contributed by atoms with van der Waals surface area (Å²) < 4.78 is 1.77. The number of aromatic nitrogens is 4. The van der Waals surface area contributed by atoms with Crippen LogP contribution in [0.3, 0.4) is 0 Å². The van der Waals surface area contributed by atoms with Crippen molar-refractivity contribution in [2.45, 2.75) is 13.3 Å². The number of hydrazine groups is 1. The Kier molecular flexibility index (Phi) is 3.65. The van der Waals surface area contributed by atoms with Crippen molar-refractivity contribution < 1.29 is 0 Å². The van der Waals surface area contributed by atoms with Crippen LogP contribution < -0.4 is 16.6 Å². The lowest BCUT2D eigenvalue weighted by atomic mass is 10.2. The monoisotopic (exact) mass is 283 g/mol. The summed E-state index contributed by atoms with van der Waals surface area (Å²) in [5.74, 6) is 6.02. The first-order chi connectivity index (χ1) is 10.3. The van der Waals surface area contributed by atoms with Crippen LogP contribution in [0.4, 0.5) is 11.5 Å². The van der Waals surface area contributed by atoms with Gasteiger partial charge in [0.25, 0.3) is 0 Å². The summed E-state index contributed by atoms with van der Waals surface area (Å²) in [7, 11) is 0. The van der Waals surface area contributed by atoms with Gasteiger partial charge in [0.05, 0.1) is 17.3 Å². The van der Waals surface area contributed by atoms with Crippen LogP contribution in [0.5, 0.6) is 0 Å². The normalized spacial score (nSPS) is 10.8. The number of anilines is 2. The van der Waals surface area contributed by atoms with Crippen LogP contribution in [0.1, 0.15) is 13.3 Å². The minimum absolute atomic E-state index is 0.562. The third-order valence-corrected chi connectivity index (χ3v) is 3.17. The topological polar surface area (TPSA) is 93.7 Å². The Labute approximate surface area is 122 Å². The average Bonchev–Trinajstić information content (AvgIpc) is 2.97. The maximum atomic E-state index is 5.46. The summed E-state index contributed by atoms with van der Waals surface area (Å²) in [6, 6.07) is 8.05. The summed E-state index contributed by atoms with van der Waals surface area (Å²) in [6.45, 7) is 3.07. The zero-order valence-electron chi connectivity index (χ0n) is 11.7. The fourth-order valence-electron chi connectivity index (χ4n) is 2.17. The summed E-state index contributed by atoms with van der Waals surface area (Å²) in [5, 5.41) is 8.53. The van der Waals surface area contributed by atoms with Crippen molar-refractivity contribution in [2.24, 2.45) is 5.84 Å². The minimum Gasteiger partial charge on any atom is -0.385 e. The van der Waals surface area contributed by atoms with Gasteiger partial charge in [-0.15, -0.1) is 0 Å². The standard InChI is InChI=1S/C14H17N7/c1-2-6-16-10-4-3-5-11(7-10)21-14-12(8-19-21)13(20-15)17-9-18-14/h3-5,7-9,16H,2,6,15H2,1H3,(H,17,18,20). The van der Waals surface area contributed by atoms with Crippen LogP contribution in [-0.4, -0.2) is 26.3 Å². The first kappa shape index (κ1) is 13.3. The molecule has 7 nitrogen and oxygen atoms in total. The van der Waals surface area contributed by atoms with E-state index in [0.29, 0.717) is 11.5 Å². The minimum atomic E-state index is 0.562.